The molecule has 3 heterocycles. The van der Waals surface area contributed by atoms with Crippen molar-refractivity contribution >= 4 is 23.7 Å². The number of rotatable bonds is 4. The molecule has 3 aliphatic heterocycles. The Morgan fingerprint density at radius 1 is 1.32 bits per heavy atom. The summed E-state index contributed by atoms with van der Waals surface area (Å²) in [5.74, 6) is 2.41. The SMILES string of the molecule is COCCN1C(=O)N(C)C(=O)C12CCN([C@@H]1CCSC1)CC2. The molecule has 3 rings (SSSR count). The Morgan fingerprint density at radius 2 is 2.05 bits per heavy atom. The molecule has 22 heavy (non-hydrogen) atoms. The molecule has 3 fully saturated rings. The number of carbonyl (C=O) groups is 2. The van der Waals surface area contributed by atoms with Crippen LogP contribution < -0.4 is 0 Å². The van der Waals surface area contributed by atoms with Crippen LogP contribution in [0.15, 0.2) is 0 Å². The van der Waals surface area contributed by atoms with E-state index in [0.29, 0.717) is 19.2 Å². The minimum atomic E-state index is -0.632. The van der Waals surface area contributed by atoms with Gasteiger partial charge in [-0.3, -0.25) is 14.6 Å². The van der Waals surface area contributed by atoms with Crippen LogP contribution >= 0.6 is 11.8 Å². The standard InChI is InChI=1S/C15H25N3O3S/c1-16-13(19)15(18(14(16)20)8-9-21-2)4-6-17(7-5-15)12-3-10-22-11-12/h12H,3-11H2,1-2H3/t12-/m1/s1. The Morgan fingerprint density at radius 3 is 2.64 bits per heavy atom. The van der Waals surface area contributed by atoms with Crippen molar-refractivity contribution in [3.05, 3.63) is 0 Å². The molecule has 0 saturated carbocycles. The molecule has 0 aromatic heterocycles. The normalized spacial score (nSPS) is 29.1. The summed E-state index contributed by atoms with van der Waals surface area (Å²) in [4.78, 5) is 30.6. The quantitative estimate of drug-likeness (QED) is 0.717. The summed E-state index contributed by atoms with van der Waals surface area (Å²) in [6.07, 6.45) is 2.73. The second kappa shape index (κ2) is 6.37. The average Bonchev–Trinajstić information content (AvgIpc) is 3.12. The maximum absolute atomic E-state index is 12.7. The number of urea groups is 1. The summed E-state index contributed by atoms with van der Waals surface area (Å²) in [7, 11) is 3.22. The summed E-state index contributed by atoms with van der Waals surface area (Å²) in [6.45, 7) is 2.77. The van der Waals surface area contributed by atoms with Crippen LogP contribution in [0.2, 0.25) is 0 Å². The van der Waals surface area contributed by atoms with Crippen LogP contribution in [0.25, 0.3) is 0 Å². The third kappa shape index (κ3) is 2.53. The van der Waals surface area contributed by atoms with Gasteiger partial charge in [-0.15, -0.1) is 0 Å². The number of hydrogen-bond acceptors (Lipinski definition) is 5. The highest BCUT2D eigenvalue weighted by Crippen LogP contribution is 2.38. The summed E-state index contributed by atoms with van der Waals surface area (Å²) in [6, 6.07) is 0.478. The molecule has 6 nitrogen and oxygen atoms in total. The van der Waals surface area contributed by atoms with Gasteiger partial charge in [0.15, 0.2) is 0 Å². The Balaban J connectivity index is 1.73. The van der Waals surface area contributed by atoms with Gasteiger partial charge >= 0.3 is 6.03 Å². The monoisotopic (exact) mass is 327 g/mol. The van der Waals surface area contributed by atoms with Gasteiger partial charge < -0.3 is 9.64 Å². The molecule has 7 heteroatoms. The number of imide groups is 1. The molecule has 0 unspecified atom stereocenters. The number of thioether (sulfide) groups is 1. The smallest absolute Gasteiger partial charge is 0.327 e. The van der Waals surface area contributed by atoms with E-state index in [2.05, 4.69) is 4.90 Å². The Kier molecular flexibility index (Phi) is 4.66. The van der Waals surface area contributed by atoms with Crippen LogP contribution in [-0.4, -0.2) is 90.1 Å². The number of methoxy groups -OCH3 is 1. The predicted octanol–water partition coefficient (Wildman–Crippen LogP) is 0.867. The minimum absolute atomic E-state index is 0.0333. The first-order valence-electron chi connectivity index (χ1n) is 8.00. The molecule has 0 aromatic carbocycles. The van der Waals surface area contributed by atoms with E-state index in [4.69, 9.17) is 4.74 Å². The molecule has 0 radical (unpaired) electrons. The lowest BCUT2D eigenvalue weighted by Crippen LogP contribution is -2.58. The van der Waals surface area contributed by atoms with Crippen LogP contribution in [0.4, 0.5) is 4.79 Å². The molecule has 1 spiro atoms. The van der Waals surface area contributed by atoms with E-state index in [1.807, 2.05) is 11.8 Å². The van der Waals surface area contributed by atoms with Crippen molar-refractivity contribution in [1.29, 1.82) is 0 Å². The molecule has 0 aromatic rings. The zero-order chi connectivity index (χ0) is 15.7. The van der Waals surface area contributed by atoms with Gasteiger partial charge in [-0.25, -0.2) is 4.79 Å². The fourth-order valence-electron chi connectivity index (χ4n) is 3.92. The van der Waals surface area contributed by atoms with Crippen molar-refractivity contribution in [2.45, 2.75) is 30.8 Å². The molecule has 0 aliphatic carbocycles. The first-order valence-corrected chi connectivity index (χ1v) is 9.16. The average molecular weight is 327 g/mol. The molecule has 1 atom stereocenters. The molecule has 0 bridgehead atoms. The fraction of sp³-hybridized carbons (Fsp3) is 0.867. The number of likely N-dealkylation sites (N-methyl/N-ethyl adjacent to an activating group) is 1. The largest absolute Gasteiger partial charge is 0.383 e. The lowest BCUT2D eigenvalue weighted by Gasteiger charge is -2.43. The lowest BCUT2D eigenvalue weighted by atomic mass is 9.85. The van der Waals surface area contributed by atoms with Gasteiger partial charge in [0, 0.05) is 45.6 Å². The maximum Gasteiger partial charge on any atom is 0.327 e. The molecule has 0 N–H and O–H groups in total. The van der Waals surface area contributed by atoms with E-state index in [1.54, 1.807) is 19.1 Å². The molecule has 3 aliphatic rings. The van der Waals surface area contributed by atoms with Crippen molar-refractivity contribution in [3.63, 3.8) is 0 Å². The van der Waals surface area contributed by atoms with Crippen LogP contribution in [0.3, 0.4) is 0 Å². The molecular formula is C15H25N3O3S. The summed E-state index contributed by atoms with van der Waals surface area (Å²) < 4.78 is 5.12. The summed E-state index contributed by atoms with van der Waals surface area (Å²) in [5.41, 5.74) is -0.632. The number of nitrogens with zero attached hydrogens (tertiary/aromatic N) is 3. The van der Waals surface area contributed by atoms with E-state index in [9.17, 15) is 9.59 Å². The van der Waals surface area contributed by atoms with Gasteiger partial charge in [-0.2, -0.15) is 11.8 Å². The minimum Gasteiger partial charge on any atom is -0.383 e. The third-order valence-electron chi connectivity index (χ3n) is 5.30. The second-order valence-electron chi connectivity index (χ2n) is 6.38. The number of amides is 3. The number of piperidine rings is 1. The van der Waals surface area contributed by atoms with Crippen molar-refractivity contribution in [3.8, 4) is 0 Å². The zero-order valence-electron chi connectivity index (χ0n) is 13.4. The van der Waals surface area contributed by atoms with Gasteiger partial charge in [-0.1, -0.05) is 0 Å². The van der Waals surface area contributed by atoms with Crippen LogP contribution in [-0.2, 0) is 9.53 Å². The number of hydrogen-bond donors (Lipinski definition) is 0. The highest BCUT2D eigenvalue weighted by molar-refractivity contribution is 7.99. The van der Waals surface area contributed by atoms with Crippen molar-refractivity contribution < 1.29 is 14.3 Å². The van der Waals surface area contributed by atoms with Crippen LogP contribution in [0, 0.1) is 0 Å². The maximum atomic E-state index is 12.7. The van der Waals surface area contributed by atoms with E-state index in [0.717, 1.165) is 25.9 Å². The van der Waals surface area contributed by atoms with E-state index >= 15 is 0 Å². The predicted molar refractivity (Wildman–Crippen MR) is 86.0 cm³/mol. The number of likely N-dealkylation sites (tertiary alicyclic amines) is 1. The van der Waals surface area contributed by atoms with Gasteiger partial charge in [0.2, 0.25) is 0 Å². The van der Waals surface area contributed by atoms with E-state index in [-0.39, 0.29) is 11.9 Å². The van der Waals surface area contributed by atoms with Gasteiger partial charge in [0.1, 0.15) is 5.54 Å². The fourth-order valence-corrected chi connectivity index (χ4v) is 5.18. The van der Waals surface area contributed by atoms with Crippen LogP contribution in [0.1, 0.15) is 19.3 Å². The number of carbonyl (C=O) groups excluding carboxylic acids is 2. The second-order valence-corrected chi connectivity index (χ2v) is 7.53. The first-order chi connectivity index (χ1) is 10.6. The zero-order valence-corrected chi connectivity index (χ0v) is 14.2. The molecule has 3 saturated heterocycles. The summed E-state index contributed by atoms with van der Waals surface area (Å²) in [5, 5.41) is 0. The number of ether oxygens (including phenoxy) is 1. The van der Waals surface area contributed by atoms with E-state index < -0.39 is 5.54 Å². The highest BCUT2D eigenvalue weighted by atomic mass is 32.2. The van der Waals surface area contributed by atoms with Crippen molar-refractivity contribution in [1.82, 2.24) is 14.7 Å². The molecule has 124 valence electrons. The van der Waals surface area contributed by atoms with Crippen molar-refractivity contribution in [2.24, 2.45) is 0 Å². The Bertz CT molecular complexity index is 445. The van der Waals surface area contributed by atoms with Gasteiger partial charge in [-0.05, 0) is 25.0 Å². The van der Waals surface area contributed by atoms with Gasteiger partial charge in [0.25, 0.3) is 5.91 Å². The van der Waals surface area contributed by atoms with Crippen molar-refractivity contribution in [2.75, 3.05) is 51.9 Å². The Hall–Kier alpha value is -0.790. The highest BCUT2D eigenvalue weighted by Gasteiger charge is 2.56. The van der Waals surface area contributed by atoms with Crippen LogP contribution in [0.5, 0.6) is 0 Å². The van der Waals surface area contributed by atoms with Gasteiger partial charge in [0.05, 0.1) is 6.61 Å². The lowest BCUT2D eigenvalue weighted by molar-refractivity contribution is -0.135. The summed E-state index contributed by atoms with van der Waals surface area (Å²) >= 11 is 2.01. The Labute approximate surface area is 136 Å². The first kappa shape index (κ1) is 16.1. The molecular weight excluding hydrogens is 302 g/mol. The topological polar surface area (TPSA) is 53.1 Å². The molecule has 3 amide bonds. The third-order valence-corrected chi connectivity index (χ3v) is 6.45. The van der Waals surface area contributed by atoms with E-state index in [1.165, 1.54) is 22.8 Å².